The van der Waals surface area contributed by atoms with E-state index in [0.717, 1.165) is 21.5 Å². The first-order valence-electron chi connectivity index (χ1n) is 9.14. The Morgan fingerprint density at radius 3 is 2.57 bits per heavy atom. The summed E-state index contributed by atoms with van der Waals surface area (Å²) in [6.45, 7) is 3.68. The molecule has 0 bridgehead atoms. The molecule has 8 heteroatoms. The number of para-hydroxylation sites is 1. The minimum atomic E-state index is -0.480. The van der Waals surface area contributed by atoms with Crippen LogP contribution < -0.4 is 5.32 Å². The van der Waals surface area contributed by atoms with E-state index in [-0.39, 0.29) is 5.91 Å². The fourth-order valence-corrected chi connectivity index (χ4v) is 4.82. The summed E-state index contributed by atoms with van der Waals surface area (Å²) < 4.78 is 7.32. The number of halogens is 1. The molecule has 152 valence electrons. The molecule has 1 amide bonds. The van der Waals surface area contributed by atoms with Crippen LogP contribution in [0.3, 0.4) is 0 Å². The van der Waals surface area contributed by atoms with Crippen LogP contribution in [0.15, 0.2) is 48.5 Å². The molecule has 0 aliphatic carbocycles. The lowest BCUT2D eigenvalue weighted by Gasteiger charge is -2.07. The number of thiophene rings is 1. The van der Waals surface area contributed by atoms with E-state index < -0.39 is 5.97 Å². The Kier molecular flexibility index (Phi) is 5.32. The van der Waals surface area contributed by atoms with Crippen molar-refractivity contribution in [3.05, 3.63) is 75.4 Å². The van der Waals surface area contributed by atoms with Crippen molar-refractivity contribution in [2.45, 2.75) is 13.8 Å². The zero-order chi connectivity index (χ0) is 21.4. The number of nitrogens with one attached hydrogen (secondary N) is 1. The highest BCUT2D eigenvalue weighted by Gasteiger charge is 2.21. The molecule has 0 aliphatic rings. The number of amides is 1. The zero-order valence-electron chi connectivity index (χ0n) is 16.5. The minimum absolute atomic E-state index is 0.248. The molecule has 0 spiro atoms. The maximum Gasteiger partial charge on any atom is 0.349 e. The molecule has 0 atom stereocenters. The van der Waals surface area contributed by atoms with E-state index in [1.165, 1.54) is 18.4 Å². The lowest BCUT2D eigenvalue weighted by atomic mass is 10.1. The van der Waals surface area contributed by atoms with Gasteiger partial charge in [0.1, 0.15) is 4.88 Å². The van der Waals surface area contributed by atoms with E-state index in [2.05, 4.69) is 10.4 Å². The molecule has 0 fully saturated rings. The van der Waals surface area contributed by atoms with Crippen molar-refractivity contribution in [1.29, 1.82) is 0 Å². The van der Waals surface area contributed by atoms with Crippen LogP contribution >= 0.6 is 22.9 Å². The Bertz CT molecular complexity index is 1280. The third-order valence-electron chi connectivity index (χ3n) is 4.78. The molecule has 0 saturated heterocycles. The SMILES string of the molecule is COC(=O)c1sc2cc(NC(=O)c3c(C)nn(-c4ccccc4)c3C)ccc2c1Cl. The molecule has 0 saturated carbocycles. The molecule has 1 N–H and O–H groups in total. The standard InChI is InChI=1S/C22H18ClN3O3S/c1-12-18(13(2)26(25-12)15-7-5-4-6-8-15)21(27)24-14-9-10-16-17(11-14)30-20(19(16)23)22(28)29-3/h4-11H,1-3H3,(H,24,27). The Balaban J connectivity index is 1.65. The van der Waals surface area contributed by atoms with Crippen LogP contribution in [0, 0.1) is 13.8 Å². The van der Waals surface area contributed by atoms with Gasteiger partial charge in [-0.1, -0.05) is 29.8 Å². The Labute approximate surface area is 182 Å². The summed E-state index contributed by atoms with van der Waals surface area (Å²) in [6.07, 6.45) is 0. The van der Waals surface area contributed by atoms with Crippen LogP contribution in [0.2, 0.25) is 5.02 Å². The van der Waals surface area contributed by atoms with Crippen molar-refractivity contribution in [1.82, 2.24) is 9.78 Å². The van der Waals surface area contributed by atoms with Crippen molar-refractivity contribution < 1.29 is 14.3 Å². The van der Waals surface area contributed by atoms with Crippen molar-refractivity contribution in [2.75, 3.05) is 12.4 Å². The van der Waals surface area contributed by atoms with Gasteiger partial charge in [0.2, 0.25) is 0 Å². The summed E-state index contributed by atoms with van der Waals surface area (Å²) in [5, 5.41) is 8.55. The van der Waals surface area contributed by atoms with Crippen LogP contribution in [0.25, 0.3) is 15.8 Å². The lowest BCUT2D eigenvalue weighted by Crippen LogP contribution is -2.14. The Hall–Kier alpha value is -3.16. The number of hydrogen-bond donors (Lipinski definition) is 1. The van der Waals surface area contributed by atoms with Crippen LogP contribution in [-0.4, -0.2) is 28.8 Å². The number of carbonyl (C=O) groups excluding carboxylic acids is 2. The number of aromatic nitrogens is 2. The number of rotatable bonds is 4. The molecule has 0 unspecified atom stereocenters. The van der Waals surface area contributed by atoms with Gasteiger partial charge in [-0.05, 0) is 44.2 Å². The number of esters is 1. The van der Waals surface area contributed by atoms with Crippen LogP contribution in [0.5, 0.6) is 0 Å². The predicted molar refractivity (Wildman–Crippen MR) is 119 cm³/mol. The van der Waals surface area contributed by atoms with Gasteiger partial charge < -0.3 is 10.1 Å². The normalized spacial score (nSPS) is 10.9. The van der Waals surface area contributed by atoms with Crippen LogP contribution in [0.4, 0.5) is 5.69 Å². The highest BCUT2D eigenvalue weighted by molar-refractivity contribution is 7.21. The second kappa shape index (κ2) is 7.93. The van der Waals surface area contributed by atoms with E-state index >= 15 is 0 Å². The topological polar surface area (TPSA) is 73.2 Å². The molecule has 0 aliphatic heterocycles. The van der Waals surface area contributed by atoms with Crippen molar-refractivity contribution in [2.24, 2.45) is 0 Å². The van der Waals surface area contributed by atoms with Gasteiger partial charge in [0, 0.05) is 15.8 Å². The summed E-state index contributed by atoms with van der Waals surface area (Å²) in [7, 11) is 1.31. The maximum atomic E-state index is 13.0. The van der Waals surface area contributed by atoms with Crippen LogP contribution in [0.1, 0.15) is 31.4 Å². The van der Waals surface area contributed by atoms with Gasteiger partial charge >= 0.3 is 5.97 Å². The van der Waals surface area contributed by atoms with E-state index in [9.17, 15) is 9.59 Å². The number of carbonyl (C=O) groups is 2. The second-order valence-electron chi connectivity index (χ2n) is 6.69. The number of anilines is 1. The summed E-state index contributed by atoms with van der Waals surface area (Å²) in [5.74, 6) is -0.728. The second-order valence-corrected chi connectivity index (χ2v) is 8.13. The largest absolute Gasteiger partial charge is 0.465 e. The number of fused-ring (bicyclic) bond motifs is 1. The van der Waals surface area contributed by atoms with Gasteiger partial charge in [-0.3, -0.25) is 4.79 Å². The summed E-state index contributed by atoms with van der Waals surface area (Å²) in [4.78, 5) is 25.2. The number of benzene rings is 2. The predicted octanol–water partition coefficient (Wildman–Crippen LogP) is 5.40. The van der Waals surface area contributed by atoms with Gasteiger partial charge in [0.05, 0.1) is 34.8 Å². The average molecular weight is 440 g/mol. The Morgan fingerprint density at radius 2 is 1.87 bits per heavy atom. The highest BCUT2D eigenvalue weighted by atomic mass is 35.5. The quantitative estimate of drug-likeness (QED) is 0.432. The molecule has 2 aromatic heterocycles. The molecule has 4 aromatic rings. The summed E-state index contributed by atoms with van der Waals surface area (Å²) in [6, 6.07) is 15.0. The van der Waals surface area contributed by atoms with Gasteiger partial charge in [0.15, 0.2) is 0 Å². The van der Waals surface area contributed by atoms with Gasteiger partial charge in [-0.2, -0.15) is 5.10 Å². The van der Waals surface area contributed by atoms with Gasteiger partial charge in [0.25, 0.3) is 5.91 Å². The molecule has 4 rings (SSSR count). The zero-order valence-corrected chi connectivity index (χ0v) is 18.1. The summed E-state index contributed by atoms with van der Waals surface area (Å²) >= 11 is 7.53. The molecule has 6 nitrogen and oxygen atoms in total. The molecular weight excluding hydrogens is 422 g/mol. The molecular formula is C22H18ClN3O3S. The smallest absolute Gasteiger partial charge is 0.349 e. The molecule has 0 radical (unpaired) electrons. The molecule has 30 heavy (non-hydrogen) atoms. The van der Waals surface area contributed by atoms with Crippen molar-refractivity contribution in [3.63, 3.8) is 0 Å². The first-order chi connectivity index (χ1) is 14.4. The monoisotopic (exact) mass is 439 g/mol. The average Bonchev–Trinajstić information content (AvgIpc) is 3.23. The minimum Gasteiger partial charge on any atom is -0.465 e. The fourth-order valence-electron chi connectivity index (χ4n) is 3.35. The van der Waals surface area contributed by atoms with E-state index in [0.29, 0.717) is 26.8 Å². The number of aryl methyl sites for hydroxylation is 1. The van der Waals surface area contributed by atoms with Crippen molar-refractivity contribution >= 4 is 50.6 Å². The van der Waals surface area contributed by atoms with E-state index in [4.69, 9.17) is 16.3 Å². The summed E-state index contributed by atoms with van der Waals surface area (Å²) in [5.41, 5.74) is 3.42. The van der Waals surface area contributed by atoms with E-state index in [1.54, 1.807) is 22.9 Å². The molecule has 2 aromatic carbocycles. The van der Waals surface area contributed by atoms with E-state index in [1.807, 2.05) is 44.2 Å². The third-order valence-corrected chi connectivity index (χ3v) is 6.41. The number of methoxy groups -OCH3 is 1. The van der Waals surface area contributed by atoms with Crippen molar-refractivity contribution in [3.8, 4) is 5.69 Å². The van der Waals surface area contributed by atoms with Crippen LogP contribution in [-0.2, 0) is 4.74 Å². The fraction of sp³-hybridized carbons (Fsp3) is 0.136. The van der Waals surface area contributed by atoms with Gasteiger partial charge in [-0.15, -0.1) is 11.3 Å². The lowest BCUT2D eigenvalue weighted by molar-refractivity contribution is 0.0606. The number of hydrogen-bond acceptors (Lipinski definition) is 5. The first kappa shape index (κ1) is 20.1. The maximum absolute atomic E-state index is 13.0. The number of ether oxygens (including phenoxy) is 1. The highest BCUT2D eigenvalue weighted by Crippen LogP contribution is 2.37. The van der Waals surface area contributed by atoms with Gasteiger partial charge in [-0.25, -0.2) is 9.48 Å². The first-order valence-corrected chi connectivity index (χ1v) is 10.3. The molecule has 2 heterocycles. The Morgan fingerprint density at radius 1 is 1.13 bits per heavy atom. The third kappa shape index (κ3) is 3.46. The number of nitrogens with zero attached hydrogens (tertiary/aromatic N) is 2.